The summed E-state index contributed by atoms with van der Waals surface area (Å²) in [6.07, 6.45) is 1.45. The number of fused-ring (bicyclic) bond motifs is 1. The molecule has 0 spiro atoms. The number of nitrogens with one attached hydrogen (secondary N) is 12. The van der Waals surface area contributed by atoms with Crippen LogP contribution in [0.5, 0.6) is 5.75 Å². The third-order valence-electron chi connectivity index (χ3n) is 13.7. The van der Waals surface area contributed by atoms with Crippen LogP contribution in [0.1, 0.15) is 84.8 Å². The first kappa shape index (κ1) is 74.4. The van der Waals surface area contributed by atoms with E-state index in [1.165, 1.54) is 38.1 Å². The quantitative estimate of drug-likeness (QED) is 0.0189. The number of phenolic OH excluding ortho intramolecular Hbond substituents is 1. The van der Waals surface area contributed by atoms with Crippen LogP contribution >= 0.6 is 12.6 Å². The number of carbonyl (C=O) groups is 13. The molecule has 0 saturated carbocycles. The fourth-order valence-electron chi connectivity index (χ4n) is 8.80. The molecular formula is C57H85N15O16S. The Hall–Kier alpha value is -8.88. The van der Waals surface area contributed by atoms with Crippen LogP contribution in [0.4, 0.5) is 0 Å². The van der Waals surface area contributed by atoms with Gasteiger partial charge in [0, 0.05) is 35.7 Å². The van der Waals surface area contributed by atoms with Crippen molar-refractivity contribution >= 4 is 100 Å². The number of rotatable bonds is 38. The molecule has 3 aromatic rings. The Labute approximate surface area is 519 Å². The van der Waals surface area contributed by atoms with Gasteiger partial charge in [-0.3, -0.25) is 57.5 Å². The van der Waals surface area contributed by atoms with Gasteiger partial charge in [-0.1, -0.05) is 58.0 Å². The zero-order valence-electron chi connectivity index (χ0n) is 50.4. The maximum Gasteiger partial charge on any atom is 0.326 e. The molecule has 21 N–H and O–H groups in total. The van der Waals surface area contributed by atoms with Gasteiger partial charge in [-0.25, -0.2) is 4.79 Å². The summed E-state index contributed by atoms with van der Waals surface area (Å²) in [5.74, 6) is -13.7. The van der Waals surface area contributed by atoms with Crippen LogP contribution in [-0.4, -0.2) is 190 Å². The summed E-state index contributed by atoms with van der Waals surface area (Å²) in [5, 5.41) is 56.8. The monoisotopic (exact) mass is 1270 g/mol. The van der Waals surface area contributed by atoms with Crippen molar-refractivity contribution in [2.45, 2.75) is 147 Å². The number of carboxylic acid groups (broad SMARTS) is 1. The van der Waals surface area contributed by atoms with Gasteiger partial charge in [0.25, 0.3) is 0 Å². The second-order valence-electron chi connectivity index (χ2n) is 21.9. The highest BCUT2D eigenvalue weighted by molar-refractivity contribution is 7.80. The van der Waals surface area contributed by atoms with Gasteiger partial charge in [0.15, 0.2) is 0 Å². The third-order valence-corrected chi connectivity index (χ3v) is 14.1. The number of carbonyl (C=O) groups excluding carboxylic acids is 12. The van der Waals surface area contributed by atoms with Gasteiger partial charge < -0.3 is 96.0 Å². The molecule has 0 fully saturated rings. The SMILES string of the molecule is CC(C)C[C@H](NC(=O)[C@H](CO)NC(=O)[C@H](Cc1ccc(O)cc1)NC(=O)CN)C(=O)NCC(=O)N[C@@H](CC(N)=O)C(=O)N[C@@H](Cc1c[nH]c2ccccc12)C(=O)N[C@H](C(=O)N[C@@H](CS)C(=O)N[C@@H](C)C(=O)N[C@@H](C)C(=O)N[C@@H](CCCCN)C(=O)O)C(C)C. The number of nitrogens with two attached hydrogens (primary N) is 3. The van der Waals surface area contributed by atoms with Gasteiger partial charge in [0.1, 0.15) is 66.2 Å². The van der Waals surface area contributed by atoms with E-state index < -0.39 is 169 Å². The average Bonchev–Trinajstić information content (AvgIpc) is 4.14. The highest BCUT2D eigenvalue weighted by atomic mass is 32.1. The fraction of sp³-hybridized carbons (Fsp3) is 0.526. The molecule has 1 heterocycles. The van der Waals surface area contributed by atoms with E-state index in [0.717, 1.165) is 0 Å². The maximum absolute atomic E-state index is 14.5. The van der Waals surface area contributed by atoms with Crippen molar-refractivity contribution in [3.8, 4) is 5.75 Å². The number of amides is 12. The van der Waals surface area contributed by atoms with Crippen molar-refractivity contribution < 1.29 is 77.6 Å². The predicted octanol–water partition coefficient (Wildman–Crippen LogP) is -4.67. The minimum Gasteiger partial charge on any atom is -0.508 e. The molecule has 0 saturated heterocycles. The van der Waals surface area contributed by atoms with E-state index in [2.05, 4.69) is 76.1 Å². The number of thiol groups is 1. The number of benzene rings is 2. The molecule has 0 radical (unpaired) electrons. The number of para-hydroxylation sites is 1. The number of aromatic nitrogens is 1. The van der Waals surface area contributed by atoms with E-state index in [1.54, 1.807) is 58.2 Å². The molecule has 2 aromatic carbocycles. The van der Waals surface area contributed by atoms with E-state index in [0.29, 0.717) is 41.4 Å². The molecule has 89 heavy (non-hydrogen) atoms. The number of H-pyrrole nitrogens is 1. The van der Waals surface area contributed by atoms with Crippen LogP contribution in [0.2, 0.25) is 0 Å². The molecular weight excluding hydrogens is 1180 g/mol. The number of hydrogen-bond acceptors (Lipinski definition) is 18. The highest BCUT2D eigenvalue weighted by Crippen LogP contribution is 2.20. The van der Waals surface area contributed by atoms with Crippen LogP contribution in [0.3, 0.4) is 0 Å². The van der Waals surface area contributed by atoms with Gasteiger partial charge in [-0.2, -0.15) is 12.6 Å². The number of primary amides is 1. The van der Waals surface area contributed by atoms with E-state index >= 15 is 0 Å². The van der Waals surface area contributed by atoms with E-state index in [4.69, 9.17) is 17.2 Å². The molecule has 3 rings (SSSR count). The summed E-state index contributed by atoms with van der Waals surface area (Å²) in [5.41, 5.74) is 18.1. The topological polar surface area (TPSA) is 509 Å². The molecule has 31 nitrogen and oxygen atoms in total. The summed E-state index contributed by atoms with van der Waals surface area (Å²) in [6, 6.07) is -1.52. The van der Waals surface area contributed by atoms with Gasteiger partial charge >= 0.3 is 5.97 Å². The molecule has 12 amide bonds. The minimum atomic E-state index is -1.77. The van der Waals surface area contributed by atoms with Gasteiger partial charge in [0.05, 0.1) is 26.1 Å². The summed E-state index contributed by atoms with van der Waals surface area (Å²) in [7, 11) is 0. The third kappa shape index (κ3) is 25.0. The molecule has 32 heteroatoms. The molecule has 1 aromatic heterocycles. The summed E-state index contributed by atoms with van der Waals surface area (Å²) in [6.45, 7) is 7.23. The Balaban J connectivity index is 1.77. The van der Waals surface area contributed by atoms with Crippen molar-refractivity contribution in [3.05, 3.63) is 65.9 Å². The normalized spacial score (nSPS) is 14.5. The fourth-order valence-corrected chi connectivity index (χ4v) is 9.05. The lowest BCUT2D eigenvalue weighted by Gasteiger charge is -2.28. The first-order valence-electron chi connectivity index (χ1n) is 28.8. The van der Waals surface area contributed by atoms with Crippen LogP contribution < -0.4 is 75.7 Å². The van der Waals surface area contributed by atoms with Crippen molar-refractivity contribution in [1.29, 1.82) is 0 Å². The zero-order valence-corrected chi connectivity index (χ0v) is 51.3. The summed E-state index contributed by atoms with van der Waals surface area (Å²) in [4.78, 5) is 176. The number of aliphatic carboxylic acids is 1. The highest BCUT2D eigenvalue weighted by Gasteiger charge is 2.36. The molecule has 490 valence electrons. The lowest BCUT2D eigenvalue weighted by Crippen LogP contribution is -2.61. The van der Waals surface area contributed by atoms with Crippen LogP contribution in [0.25, 0.3) is 10.9 Å². The van der Waals surface area contributed by atoms with Crippen molar-refractivity contribution in [2.24, 2.45) is 29.0 Å². The van der Waals surface area contributed by atoms with Crippen LogP contribution in [0, 0.1) is 11.8 Å². The standard InChI is InChI=1S/C57H85N15O16S/c1-28(2)19-38(68-54(84)42(26-73)70-51(81)39(65-45(76)23-59)20-32-14-16-34(74)17-15-32)50(80)62-25-46(77)66-41(22-44(60)75)52(82)69-40(21-33-24-61-36-12-8-7-11-35(33)36)53(83)72-47(29(3)4)56(86)71-43(27-89)55(85)64-30(5)48(78)63-31(6)49(79)67-37(57(87)88)13-9-10-18-58/h7-8,11-12,14-17,24,28-31,37-43,47,61,73-74,89H,9-10,13,18-23,25-27,58-59H2,1-6H3,(H2,60,75)(H,62,80)(H,63,78)(H,64,85)(H,65,76)(H,66,77)(H,67,79)(H,68,84)(H,69,82)(H,70,81)(H,71,86)(H,72,83)(H,87,88)/t30-,31-,37-,38-,39-,40-,41-,42-,43-,47-/m0/s1. The largest absolute Gasteiger partial charge is 0.508 e. The van der Waals surface area contributed by atoms with Crippen LogP contribution in [0.15, 0.2) is 54.7 Å². The number of hydrogen-bond donors (Lipinski definition) is 19. The number of aliphatic hydroxyl groups excluding tert-OH is 1. The van der Waals surface area contributed by atoms with Crippen LogP contribution in [-0.2, 0) is 75.2 Å². The van der Waals surface area contributed by atoms with E-state index in [9.17, 15) is 77.6 Å². The molecule has 0 aliphatic carbocycles. The average molecular weight is 1270 g/mol. The van der Waals surface area contributed by atoms with Crippen molar-refractivity contribution in [3.63, 3.8) is 0 Å². The molecule has 0 aliphatic heterocycles. The zero-order chi connectivity index (χ0) is 66.7. The van der Waals surface area contributed by atoms with Gasteiger partial charge in [-0.15, -0.1) is 0 Å². The predicted molar refractivity (Wildman–Crippen MR) is 326 cm³/mol. The van der Waals surface area contributed by atoms with Gasteiger partial charge in [-0.05, 0) is 87.2 Å². The first-order valence-corrected chi connectivity index (χ1v) is 29.4. The van der Waals surface area contributed by atoms with Gasteiger partial charge in [0.2, 0.25) is 70.9 Å². The van der Waals surface area contributed by atoms with Crippen molar-refractivity contribution in [2.75, 3.05) is 32.0 Å². The second-order valence-corrected chi connectivity index (χ2v) is 22.2. The summed E-state index contributed by atoms with van der Waals surface area (Å²) < 4.78 is 0. The number of aromatic hydroxyl groups is 1. The van der Waals surface area contributed by atoms with E-state index in [1.807, 2.05) is 0 Å². The summed E-state index contributed by atoms with van der Waals surface area (Å²) >= 11 is 4.22. The number of carboxylic acids is 1. The Bertz CT molecular complexity index is 2960. The molecule has 0 aliphatic rings. The Morgan fingerprint density at radius 1 is 0.562 bits per heavy atom. The maximum atomic E-state index is 14.5. The Morgan fingerprint density at radius 2 is 1.09 bits per heavy atom. The van der Waals surface area contributed by atoms with E-state index in [-0.39, 0.29) is 43.1 Å². The number of phenols is 1. The first-order chi connectivity index (χ1) is 42.0. The van der Waals surface area contributed by atoms with Crippen molar-refractivity contribution in [1.82, 2.24) is 63.5 Å². The second kappa shape index (κ2) is 37.1. The lowest BCUT2D eigenvalue weighted by molar-refractivity contribution is -0.142. The lowest BCUT2D eigenvalue weighted by atomic mass is 10.00. The molecule has 0 unspecified atom stereocenters. The number of aromatic amines is 1. The molecule has 10 atom stereocenters. The molecule has 0 bridgehead atoms. The Kier molecular flexibility index (Phi) is 31.0. The number of aliphatic hydroxyl groups is 1. The Morgan fingerprint density at radius 3 is 1.67 bits per heavy atom. The smallest absolute Gasteiger partial charge is 0.326 e. The number of unbranched alkanes of at least 4 members (excludes halogenated alkanes) is 1. The minimum absolute atomic E-state index is 0.0289.